The summed E-state index contributed by atoms with van der Waals surface area (Å²) in [6, 6.07) is -0.149. The topological polar surface area (TPSA) is 83.6 Å². The third kappa shape index (κ3) is 4.20. The maximum absolute atomic E-state index is 11.9. The fourth-order valence-corrected chi connectivity index (χ4v) is 3.99. The van der Waals surface area contributed by atoms with Crippen LogP contribution in [0.5, 0.6) is 0 Å². The van der Waals surface area contributed by atoms with Crippen LogP contribution in [0.1, 0.15) is 26.7 Å². The van der Waals surface area contributed by atoms with Crippen molar-refractivity contribution in [2.24, 2.45) is 0 Å². The lowest BCUT2D eigenvalue weighted by atomic mass is 10.1. The lowest BCUT2D eigenvalue weighted by Gasteiger charge is -2.32. The molecule has 1 N–H and O–H groups in total. The quantitative estimate of drug-likeness (QED) is 0.771. The van der Waals surface area contributed by atoms with E-state index in [1.807, 2.05) is 0 Å². The Hall–Kier alpha value is -0.180. The van der Waals surface area contributed by atoms with Crippen LogP contribution in [0.2, 0.25) is 0 Å². The van der Waals surface area contributed by atoms with Crippen molar-refractivity contribution in [1.29, 1.82) is 0 Å². The molecule has 0 spiro atoms. The molecule has 0 aromatic rings. The van der Waals surface area contributed by atoms with Gasteiger partial charge in [-0.2, -0.15) is 0 Å². The molecule has 0 amide bonds. The number of sulfonamides is 2. The van der Waals surface area contributed by atoms with E-state index in [0.717, 1.165) is 6.26 Å². The molecular formula is C9H20N2O4S2. The van der Waals surface area contributed by atoms with Gasteiger partial charge < -0.3 is 0 Å². The Kier molecular flexibility index (Phi) is 4.56. The molecular weight excluding hydrogens is 264 g/mol. The second kappa shape index (κ2) is 5.21. The van der Waals surface area contributed by atoms with Gasteiger partial charge in [0.05, 0.1) is 11.5 Å². The van der Waals surface area contributed by atoms with Crippen molar-refractivity contribution >= 4 is 20.0 Å². The zero-order valence-corrected chi connectivity index (χ0v) is 12.0. The fourth-order valence-electron chi connectivity index (χ4n) is 1.83. The molecule has 1 aliphatic rings. The van der Waals surface area contributed by atoms with Gasteiger partial charge in [0, 0.05) is 19.1 Å². The molecule has 1 saturated heterocycles. The van der Waals surface area contributed by atoms with Crippen LogP contribution in [0.4, 0.5) is 0 Å². The summed E-state index contributed by atoms with van der Waals surface area (Å²) in [5.41, 5.74) is 0. The fraction of sp³-hybridized carbons (Fsp3) is 1.00. The summed E-state index contributed by atoms with van der Waals surface area (Å²) < 4.78 is 49.8. The number of hydrogen-bond acceptors (Lipinski definition) is 4. The second-order valence-electron chi connectivity index (χ2n) is 4.66. The van der Waals surface area contributed by atoms with E-state index in [2.05, 4.69) is 4.72 Å². The Bertz CT molecular complexity index is 447. The minimum atomic E-state index is -3.21. The summed E-state index contributed by atoms with van der Waals surface area (Å²) in [6.07, 6.45) is 2.17. The van der Waals surface area contributed by atoms with Crippen molar-refractivity contribution in [3.05, 3.63) is 0 Å². The molecule has 0 atom stereocenters. The van der Waals surface area contributed by atoms with Crippen LogP contribution in [0.3, 0.4) is 0 Å². The predicted molar refractivity (Wildman–Crippen MR) is 66.6 cm³/mol. The molecule has 1 fully saturated rings. The average Bonchev–Trinajstić information content (AvgIpc) is 2.15. The maximum atomic E-state index is 11.9. The largest absolute Gasteiger partial charge is 0.216 e. The Morgan fingerprint density at radius 2 is 1.59 bits per heavy atom. The molecule has 6 nitrogen and oxygen atoms in total. The highest BCUT2D eigenvalue weighted by Gasteiger charge is 2.30. The summed E-state index contributed by atoms with van der Waals surface area (Å²) in [7, 11) is -6.42. The van der Waals surface area contributed by atoms with Crippen LogP contribution in [0, 0.1) is 0 Å². The van der Waals surface area contributed by atoms with E-state index >= 15 is 0 Å². The second-order valence-corrected chi connectivity index (χ2v) is 8.93. The van der Waals surface area contributed by atoms with Crippen molar-refractivity contribution in [2.45, 2.75) is 38.0 Å². The first-order chi connectivity index (χ1) is 7.63. The van der Waals surface area contributed by atoms with Gasteiger partial charge >= 0.3 is 0 Å². The Balaban J connectivity index is 2.58. The van der Waals surface area contributed by atoms with Crippen LogP contribution in [0.15, 0.2) is 0 Å². The smallest absolute Gasteiger partial charge is 0.213 e. The molecule has 0 aliphatic carbocycles. The van der Waals surface area contributed by atoms with Crippen LogP contribution in [-0.2, 0) is 20.0 Å². The maximum Gasteiger partial charge on any atom is 0.216 e. The Morgan fingerprint density at radius 3 is 1.94 bits per heavy atom. The number of nitrogens with zero attached hydrogens (tertiary/aromatic N) is 1. The zero-order valence-electron chi connectivity index (χ0n) is 10.4. The van der Waals surface area contributed by atoms with E-state index in [-0.39, 0.29) is 6.04 Å². The van der Waals surface area contributed by atoms with Gasteiger partial charge in [0.1, 0.15) is 0 Å². The van der Waals surface area contributed by atoms with Gasteiger partial charge in [0.15, 0.2) is 0 Å². The van der Waals surface area contributed by atoms with Crippen molar-refractivity contribution in [1.82, 2.24) is 9.03 Å². The van der Waals surface area contributed by atoms with Crippen molar-refractivity contribution in [2.75, 3.05) is 19.3 Å². The minimum absolute atomic E-state index is 0.149. The average molecular weight is 284 g/mol. The SMILES string of the molecule is CC(C)S(=O)(=O)N1CCC(NS(C)(=O)=O)CC1. The molecule has 0 bridgehead atoms. The van der Waals surface area contributed by atoms with Gasteiger partial charge in [0.2, 0.25) is 20.0 Å². The predicted octanol–water partition coefficient (Wildman–Crippen LogP) is -0.262. The van der Waals surface area contributed by atoms with E-state index in [0.29, 0.717) is 25.9 Å². The zero-order chi connectivity index (χ0) is 13.3. The number of nitrogens with one attached hydrogen (secondary N) is 1. The van der Waals surface area contributed by atoms with Gasteiger partial charge in [-0.15, -0.1) is 0 Å². The molecule has 17 heavy (non-hydrogen) atoms. The summed E-state index contributed by atoms with van der Waals surface area (Å²) >= 11 is 0. The van der Waals surface area contributed by atoms with E-state index in [4.69, 9.17) is 0 Å². The molecule has 1 rings (SSSR count). The summed E-state index contributed by atoms with van der Waals surface area (Å²) in [5.74, 6) is 0. The molecule has 102 valence electrons. The monoisotopic (exact) mass is 284 g/mol. The van der Waals surface area contributed by atoms with Gasteiger partial charge in [0.25, 0.3) is 0 Å². The Morgan fingerprint density at radius 1 is 1.12 bits per heavy atom. The third-order valence-electron chi connectivity index (χ3n) is 2.79. The third-order valence-corrected chi connectivity index (χ3v) is 5.83. The minimum Gasteiger partial charge on any atom is -0.213 e. The molecule has 1 aliphatic heterocycles. The van der Waals surface area contributed by atoms with E-state index in [1.165, 1.54) is 4.31 Å². The highest BCUT2D eigenvalue weighted by Crippen LogP contribution is 2.17. The lowest BCUT2D eigenvalue weighted by molar-refractivity contribution is 0.307. The van der Waals surface area contributed by atoms with Gasteiger partial charge in [-0.25, -0.2) is 25.9 Å². The number of rotatable bonds is 4. The number of piperidine rings is 1. The van der Waals surface area contributed by atoms with Gasteiger partial charge in [-0.3, -0.25) is 0 Å². The highest BCUT2D eigenvalue weighted by molar-refractivity contribution is 7.89. The number of hydrogen-bond donors (Lipinski definition) is 1. The van der Waals surface area contributed by atoms with E-state index < -0.39 is 25.3 Å². The first-order valence-electron chi connectivity index (χ1n) is 5.59. The standard InChI is InChI=1S/C9H20N2O4S2/c1-8(2)17(14,15)11-6-4-9(5-7-11)10-16(3,12)13/h8-10H,4-7H2,1-3H3. The summed E-state index contributed by atoms with van der Waals surface area (Å²) in [4.78, 5) is 0. The first kappa shape index (κ1) is 14.9. The van der Waals surface area contributed by atoms with Gasteiger partial charge in [-0.05, 0) is 26.7 Å². The molecule has 0 aromatic heterocycles. The van der Waals surface area contributed by atoms with E-state index in [1.54, 1.807) is 13.8 Å². The molecule has 0 radical (unpaired) electrons. The van der Waals surface area contributed by atoms with Crippen LogP contribution in [-0.4, -0.2) is 51.8 Å². The van der Waals surface area contributed by atoms with Crippen molar-refractivity contribution in [3.63, 3.8) is 0 Å². The molecule has 8 heteroatoms. The van der Waals surface area contributed by atoms with Crippen molar-refractivity contribution in [3.8, 4) is 0 Å². The van der Waals surface area contributed by atoms with Crippen LogP contribution in [0.25, 0.3) is 0 Å². The molecule has 0 saturated carbocycles. The summed E-state index contributed by atoms with van der Waals surface area (Å²) in [5, 5.41) is -0.429. The first-order valence-corrected chi connectivity index (χ1v) is 8.98. The summed E-state index contributed by atoms with van der Waals surface area (Å²) in [6.45, 7) is 4.06. The van der Waals surface area contributed by atoms with Crippen LogP contribution >= 0.6 is 0 Å². The molecule has 0 aromatic carbocycles. The molecule has 0 unspecified atom stereocenters. The Labute approximate surface area is 103 Å². The lowest BCUT2D eigenvalue weighted by Crippen LogP contribution is -2.47. The highest BCUT2D eigenvalue weighted by atomic mass is 32.2. The van der Waals surface area contributed by atoms with Gasteiger partial charge in [-0.1, -0.05) is 0 Å². The van der Waals surface area contributed by atoms with E-state index in [9.17, 15) is 16.8 Å². The van der Waals surface area contributed by atoms with Crippen molar-refractivity contribution < 1.29 is 16.8 Å². The molecule has 1 heterocycles. The van der Waals surface area contributed by atoms with Crippen LogP contribution < -0.4 is 4.72 Å². The normalized spacial score (nSPS) is 20.9.